The summed E-state index contributed by atoms with van der Waals surface area (Å²) in [6, 6.07) is 0. The molecule has 0 fully saturated rings. The summed E-state index contributed by atoms with van der Waals surface area (Å²) < 4.78 is 0. The molecule has 0 rings (SSSR count). The van der Waals surface area contributed by atoms with Gasteiger partial charge >= 0.3 is 0 Å². The Morgan fingerprint density at radius 2 is 1.72 bits per heavy atom. The molecule has 104 valence electrons. The number of hydrogen-bond donors (Lipinski definition) is 7. The molecule has 0 heterocycles. The van der Waals surface area contributed by atoms with Crippen LogP contribution in [-0.4, -0.2) is 21.5 Å². The monoisotopic (exact) mass is 292 g/mol. The second-order valence-electron chi connectivity index (χ2n) is 4.22. The van der Waals surface area contributed by atoms with E-state index in [9.17, 15) is 0 Å². The smallest absolute Gasteiger partial charge is 0.201 e. The van der Waals surface area contributed by atoms with Crippen molar-refractivity contribution in [3.05, 3.63) is 0 Å². The SMILES string of the molecule is CC(CC(C)(C)NNC(=S)NN)=NNC(=S)NN. The summed E-state index contributed by atoms with van der Waals surface area (Å²) in [6.07, 6.45) is 0.660. The Kier molecular flexibility index (Phi) is 7.62. The van der Waals surface area contributed by atoms with E-state index in [1.54, 1.807) is 0 Å². The van der Waals surface area contributed by atoms with Gasteiger partial charge in [0.2, 0.25) is 5.11 Å². The third-order valence-corrected chi connectivity index (χ3v) is 2.25. The molecule has 0 saturated carbocycles. The van der Waals surface area contributed by atoms with Crippen LogP contribution < -0.4 is 38.8 Å². The lowest BCUT2D eigenvalue weighted by Gasteiger charge is -2.27. The van der Waals surface area contributed by atoms with E-state index < -0.39 is 0 Å². The van der Waals surface area contributed by atoms with E-state index >= 15 is 0 Å². The molecule has 0 aromatic carbocycles. The van der Waals surface area contributed by atoms with Gasteiger partial charge in [-0.25, -0.2) is 17.1 Å². The number of nitrogens with one attached hydrogen (secondary N) is 5. The summed E-state index contributed by atoms with van der Waals surface area (Å²) in [5, 5.41) is 4.64. The van der Waals surface area contributed by atoms with Gasteiger partial charge in [-0.2, -0.15) is 5.10 Å². The van der Waals surface area contributed by atoms with Crippen molar-refractivity contribution in [3.8, 4) is 0 Å². The highest BCUT2D eigenvalue weighted by atomic mass is 32.1. The molecule has 0 aromatic heterocycles. The molecule has 18 heavy (non-hydrogen) atoms. The normalized spacial score (nSPS) is 11.7. The Morgan fingerprint density at radius 1 is 1.17 bits per heavy atom. The molecule has 0 aliphatic rings. The van der Waals surface area contributed by atoms with Gasteiger partial charge in [-0.1, -0.05) is 0 Å². The van der Waals surface area contributed by atoms with E-state index in [1.807, 2.05) is 20.8 Å². The minimum Gasteiger partial charge on any atom is -0.300 e. The number of hydrogen-bond acceptors (Lipinski definition) is 6. The van der Waals surface area contributed by atoms with E-state index in [0.717, 1.165) is 5.71 Å². The number of thiocarbonyl (C=S) groups is 2. The maximum Gasteiger partial charge on any atom is 0.201 e. The van der Waals surface area contributed by atoms with Gasteiger partial charge in [-0.05, 0) is 45.2 Å². The first-order chi connectivity index (χ1) is 8.30. The van der Waals surface area contributed by atoms with Crippen LogP contribution in [-0.2, 0) is 0 Å². The van der Waals surface area contributed by atoms with Crippen molar-refractivity contribution in [2.24, 2.45) is 16.8 Å². The van der Waals surface area contributed by atoms with Crippen molar-refractivity contribution in [2.45, 2.75) is 32.7 Å². The first-order valence-corrected chi connectivity index (χ1v) is 5.96. The molecule has 0 aliphatic carbocycles. The summed E-state index contributed by atoms with van der Waals surface area (Å²) in [5.41, 5.74) is 13.6. The van der Waals surface area contributed by atoms with Crippen LogP contribution in [0.5, 0.6) is 0 Å². The fourth-order valence-corrected chi connectivity index (χ4v) is 1.26. The summed E-state index contributed by atoms with van der Waals surface area (Å²) >= 11 is 9.64. The number of rotatable bonds is 5. The number of hydrazone groups is 1. The Bertz CT molecular complexity index is 327. The van der Waals surface area contributed by atoms with Crippen LogP contribution in [0.15, 0.2) is 5.10 Å². The molecule has 0 spiro atoms. The minimum atomic E-state index is -0.270. The van der Waals surface area contributed by atoms with Gasteiger partial charge in [0, 0.05) is 17.7 Å². The maximum absolute atomic E-state index is 5.14. The molecule has 0 aliphatic heterocycles. The molecule has 0 bridgehead atoms. The number of nitrogens with zero attached hydrogens (tertiary/aromatic N) is 1. The molecule has 0 aromatic rings. The lowest BCUT2D eigenvalue weighted by Crippen LogP contribution is -2.55. The topological polar surface area (TPSA) is 125 Å². The van der Waals surface area contributed by atoms with Gasteiger partial charge in [-0.3, -0.25) is 21.7 Å². The zero-order valence-corrected chi connectivity index (χ0v) is 12.3. The van der Waals surface area contributed by atoms with Crippen molar-refractivity contribution < 1.29 is 0 Å². The molecule has 0 radical (unpaired) electrons. The van der Waals surface area contributed by atoms with Crippen LogP contribution in [0, 0.1) is 0 Å². The summed E-state index contributed by atoms with van der Waals surface area (Å²) in [7, 11) is 0. The predicted molar refractivity (Wildman–Crippen MR) is 81.1 cm³/mol. The zero-order valence-electron chi connectivity index (χ0n) is 10.6. The van der Waals surface area contributed by atoms with E-state index in [-0.39, 0.29) is 10.7 Å². The van der Waals surface area contributed by atoms with Crippen molar-refractivity contribution in [1.82, 2.24) is 27.1 Å². The second-order valence-corrected chi connectivity index (χ2v) is 5.03. The largest absolute Gasteiger partial charge is 0.300 e. The highest BCUT2D eigenvalue weighted by Gasteiger charge is 2.18. The van der Waals surface area contributed by atoms with Crippen molar-refractivity contribution in [3.63, 3.8) is 0 Å². The average molecular weight is 292 g/mol. The minimum absolute atomic E-state index is 0.256. The predicted octanol–water partition coefficient (Wildman–Crippen LogP) is -1.29. The fraction of sp³-hybridized carbons (Fsp3) is 0.625. The molecular weight excluding hydrogens is 272 g/mol. The van der Waals surface area contributed by atoms with Gasteiger partial charge in [0.15, 0.2) is 5.11 Å². The lowest BCUT2D eigenvalue weighted by atomic mass is 9.99. The highest BCUT2D eigenvalue weighted by molar-refractivity contribution is 7.80. The molecule has 8 nitrogen and oxygen atoms in total. The van der Waals surface area contributed by atoms with E-state index in [4.69, 9.17) is 36.1 Å². The Balaban J connectivity index is 4.21. The van der Waals surface area contributed by atoms with Crippen molar-refractivity contribution in [1.29, 1.82) is 0 Å². The molecule has 9 N–H and O–H groups in total. The first kappa shape index (κ1) is 16.9. The van der Waals surface area contributed by atoms with Crippen molar-refractivity contribution in [2.75, 3.05) is 0 Å². The average Bonchev–Trinajstić information content (AvgIpc) is 2.32. The molecule has 0 amide bonds. The maximum atomic E-state index is 5.14. The van der Waals surface area contributed by atoms with Crippen LogP contribution >= 0.6 is 24.4 Å². The summed E-state index contributed by atoms with van der Waals surface area (Å²) in [4.78, 5) is 0. The molecule has 0 saturated heterocycles. The van der Waals surface area contributed by atoms with E-state index in [0.29, 0.717) is 11.5 Å². The second kappa shape index (κ2) is 8.11. The number of nitrogens with two attached hydrogens (primary N) is 2. The van der Waals surface area contributed by atoms with Gasteiger partial charge in [-0.15, -0.1) is 0 Å². The van der Waals surface area contributed by atoms with Gasteiger partial charge in [0.1, 0.15) is 0 Å². The van der Waals surface area contributed by atoms with Crippen LogP contribution in [0.1, 0.15) is 27.2 Å². The van der Waals surface area contributed by atoms with Crippen LogP contribution in [0.25, 0.3) is 0 Å². The molecular formula is C8H20N8S2. The van der Waals surface area contributed by atoms with E-state index in [1.165, 1.54) is 0 Å². The Morgan fingerprint density at radius 3 is 2.22 bits per heavy atom. The zero-order chi connectivity index (χ0) is 14.2. The number of hydrazine groups is 3. The van der Waals surface area contributed by atoms with E-state index in [2.05, 4.69) is 32.2 Å². The van der Waals surface area contributed by atoms with Gasteiger partial charge in [0.05, 0.1) is 0 Å². The summed E-state index contributed by atoms with van der Waals surface area (Å²) in [6.45, 7) is 5.84. The lowest BCUT2D eigenvalue weighted by molar-refractivity contribution is 0.379. The van der Waals surface area contributed by atoms with Crippen molar-refractivity contribution >= 4 is 40.4 Å². The van der Waals surface area contributed by atoms with Crippen LogP contribution in [0.4, 0.5) is 0 Å². The fourth-order valence-electron chi connectivity index (χ4n) is 1.16. The summed E-state index contributed by atoms with van der Waals surface area (Å²) in [5.74, 6) is 10.2. The molecule has 0 unspecified atom stereocenters. The van der Waals surface area contributed by atoms with Crippen LogP contribution in [0.3, 0.4) is 0 Å². The highest BCUT2D eigenvalue weighted by Crippen LogP contribution is 2.07. The van der Waals surface area contributed by atoms with Gasteiger partial charge in [0.25, 0.3) is 0 Å². The third-order valence-electron chi connectivity index (χ3n) is 1.82. The quantitative estimate of drug-likeness (QED) is 0.143. The standard InChI is InChI=1S/C8H20N8S2/c1-5(13-14-6(17)11-9)4-8(2,3)16-15-7(18)12-10/h16H,4,9-10H2,1-3H3,(H2,11,14,17)(H2,12,15,18). The first-order valence-electron chi connectivity index (χ1n) is 5.14. The Hall–Kier alpha value is -1.07. The Labute approximate surface area is 117 Å². The molecule has 10 heteroatoms. The third kappa shape index (κ3) is 8.08. The molecule has 0 atom stereocenters. The van der Waals surface area contributed by atoms with Crippen LogP contribution in [0.2, 0.25) is 0 Å². The van der Waals surface area contributed by atoms with Gasteiger partial charge < -0.3 is 0 Å².